The van der Waals surface area contributed by atoms with Crippen LogP contribution in [-0.4, -0.2) is 36.4 Å². The monoisotopic (exact) mass is 320 g/mol. The lowest BCUT2D eigenvalue weighted by Crippen LogP contribution is -2.44. The zero-order chi connectivity index (χ0) is 15.7. The van der Waals surface area contributed by atoms with Gasteiger partial charge in [-0.2, -0.15) is 4.31 Å². The molecule has 1 aliphatic rings. The van der Waals surface area contributed by atoms with Crippen LogP contribution in [0.15, 0.2) is 47.4 Å². The fourth-order valence-corrected chi connectivity index (χ4v) is 4.52. The molecule has 1 fully saturated rings. The molecule has 0 saturated carbocycles. The largest absolute Gasteiger partial charge is 0.289 e. The van der Waals surface area contributed by atoms with Crippen LogP contribution in [0.25, 0.3) is 10.8 Å². The van der Waals surface area contributed by atoms with Gasteiger partial charge in [-0.3, -0.25) is 10.0 Å². The Labute approximate surface area is 128 Å². The van der Waals surface area contributed by atoms with E-state index in [0.717, 1.165) is 15.1 Å². The van der Waals surface area contributed by atoms with Gasteiger partial charge < -0.3 is 0 Å². The van der Waals surface area contributed by atoms with Crippen molar-refractivity contribution >= 4 is 26.7 Å². The molecular weight excluding hydrogens is 304 g/mol. The maximum absolute atomic E-state index is 12.8. The Morgan fingerprint density at radius 1 is 1.18 bits per heavy atom. The number of nitrogens with one attached hydrogen (secondary N) is 1. The topological polar surface area (TPSA) is 86.7 Å². The lowest BCUT2D eigenvalue weighted by molar-refractivity contribution is -0.132. The summed E-state index contributed by atoms with van der Waals surface area (Å²) in [6.07, 6.45) is 0.990. The van der Waals surface area contributed by atoms with E-state index in [9.17, 15) is 13.2 Å². The second-order valence-electron chi connectivity index (χ2n) is 5.26. The van der Waals surface area contributed by atoms with Crippen molar-refractivity contribution in [1.82, 2.24) is 9.79 Å². The van der Waals surface area contributed by atoms with Gasteiger partial charge >= 0.3 is 0 Å². The maximum atomic E-state index is 12.8. The van der Waals surface area contributed by atoms with Crippen LogP contribution in [0.1, 0.15) is 12.8 Å². The fourth-order valence-electron chi connectivity index (χ4n) is 2.83. The van der Waals surface area contributed by atoms with E-state index in [-0.39, 0.29) is 11.4 Å². The van der Waals surface area contributed by atoms with Crippen LogP contribution >= 0.6 is 0 Å². The molecule has 0 bridgehead atoms. The van der Waals surface area contributed by atoms with E-state index < -0.39 is 22.0 Å². The minimum absolute atomic E-state index is 0.156. The number of hydrogen-bond acceptors (Lipinski definition) is 4. The SMILES string of the molecule is O=C(NO)C1CCCN1S(=O)(=O)c1ccc2ccccc2c1. The molecule has 7 heteroatoms. The van der Waals surface area contributed by atoms with Crippen LogP contribution in [0.4, 0.5) is 0 Å². The molecule has 116 valence electrons. The quantitative estimate of drug-likeness (QED) is 0.663. The molecule has 1 amide bonds. The number of hydrogen-bond donors (Lipinski definition) is 2. The number of fused-ring (bicyclic) bond motifs is 1. The average molecular weight is 320 g/mol. The molecule has 0 aromatic heterocycles. The van der Waals surface area contributed by atoms with Gasteiger partial charge in [-0.05, 0) is 35.7 Å². The second-order valence-corrected chi connectivity index (χ2v) is 7.15. The summed E-state index contributed by atoms with van der Waals surface area (Å²) in [7, 11) is -3.77. The summed E-state index contributed by atoms with van der Waals surface area (Å²) < 4.78 is 26.7. The van der Waals surface area contributed by atoms with E-state index in [1.54, 1.807) is 23.7 Å². The summed E-state index contributed by atoms with van der Waals surface area (Å²) in [5.41, 5.74) is 1.55. The molecule has 3 rings (SSSR count). The zero-order valence-corrected chi connectivity index (χ0v) is 12.6. The van der Waals surface area contributed by atoms with Crippen molar-refractivity contribution < 1.29 is 18.4 Å². The van der Waals surface area contributed by atoms with Gasteiger partial charge in [0.25, 0.3) is 5.91 Å². The molecule has 1 aliphatic heterocycles. The van der Waals surface area contributed by atoms with Gasteiger partial charge in [-0.15, -0.1) is 0 Å². The number of carbonyl (C=O) groups is 1. The number of carbonyl (C=O) groups excluding carboxylic acids is 1. The molecule has 6 nitrogen and oxygen atoms in total. The first-order valence-electron chi connectivity index (χ1n) is 6.98. The third-order valence-corrected chi connectivity index (χ3v) is 5.85. The van der Waals surface area contributed by atoms with Crippen LogP contribution in [0.2, 0.25) is 0 Å². The Morgan fingerprint density at radius 2 is 1.91 bits per heavy atom. The van der Waals surface area contributed by atoms with Crippen LogP contribution in [0.5, 0.6) is 0 Å². The molecule has 2 N–H and O–H groups in total. The van der Waals surface area contributed by atoms with Gasteiger partial charge in [0.15, 0.2) is 0 Å². The Kier molecular flexibility index (Phi) is 3.86. The highest BCUT2D eigenvalue weighted by molar-refractivity contribution is 7.89. The van der Waals surface area contributed by atoms with Crippen LogP contribution < -0.4 is 5.48 Å². The zero-order valence-electron chi connectivity index (χ0n) is 11.8. The van der Waals surface area contributed by atoms with Crippen molar-refractivity contribution in [2.75, 3.05) is 6.54 Å². The summed E-state index contributed by atoms with van der Waals surface area (Å²) >= 11 is 0. The number of nitrogens with zero attached hydrogens (tertiary/aromatic N) is 1. The van der Waals surface area contributed by atoms with Gasteiger partial charge in [0.2, 0.25) is 10.0 Å². The standard InChI is InChI=1S/C15H16N2O4S/c18-15(16-19)14-6-3-9-17(14)22(20,21)13-8-7-11-4-1-2-5-12(11)10-13/h1-2,4-5,7-8,10,14,19H,3,6,9H2,(H,16,18). The smallest absolute Gasteiger partial charge is 0.261 e. The Morgan fingerprint density at radius 3 is 2.64 bits per heavy atom. The first-order chi connectivity index (χ1) is 10.5. The van der Waals surface area contributed by atoms with E-state index in [1.807, 2.05) is 24.3 Å². The fraction of sp³-hybridized carbons (Fsp3) is 0.267. The number of rotatable bonds is 3. The molecule has 0 spiro atoms. The van der Waals surface area contributed by atoms with Crippen molar-refractivity contribution in [3.05, 3.63) is 42.5 Å². The van der Waals surface area contributed by atoms with E-state index in [0.29, 0.717) is 12.8 Å². The summed E-state index contributed by atoms with van der Waals surface area (Å²) in [6.45, 7) is 0.271. The summed E-state index contributed by atoms with van der Waals surface area (Å²) in [5, 5.41) is 10.5. The van der Waals surface area contributed by atoms with Crippen LogP contribution in [0, 0.1) is 0 Å². The predicted octanol–water partition coefficient (Wildman–Crippen LogP) is 1.50. The highest BCUT2D eigenvalue weighted by Gasteiger charge is 2.39. The Hall–Kier alpha value is -1.96. The van der Waals surface area contributed by atoms with Crippen molar-refractivity contribution in [3.63, 3.8) is 0 Å². The minimum Gasteiger partial charge on any atom is -0.289 e. The Balaban J connectivity index is 2.02. The molecule has 2 aromatic carbocycles. The van der Waals surface area contributed by atoms with E-state index in [1.165, 1.54) is 0 Å². The van der Waals surface area contributed by atoms with Crippen molar-refractivity contribution in [1.29, 1.82) is 0 Å². The first kappa shape index (κ1) is 15.0. The van der Waals surface area contributed by atoms with Crippen molar-refractivity contribution in [2.45, 2.75) is 23.8 Å². The van der Waals surface area contributed by atoms with E-state index in [2.05, 4.69) is 0 Å². The van der Waals surface area contributed by atoms with Crippen LogP contribution in [-0.2, 0) is 14.8 Å². The Bertz CT molecular complexity index is 819. The highest BCUT2D eigenvalue weighted by Crippen LogP contribution is 2.28. The van der Waals surface area contributed by atoms with Gasteiger partial charge in [-0.25, -0.2) is 13.9 Å². The normalized spacial score (nSPS) is 19.4. The van der Waals surface area contributed by atoms with Gasteiger partial charge in [0.05, 0.1) is 4.90 Å². The third kappa shape index (κ3) is 2.47. The summed E-state index contributed by atoms with van der Waals surface area (Å²) in [4.78, 5) is 11.8. The number of amides is 1. The molecule has 22 heavy (non-hydrogen) atoms. The predicted molar refractivity (Wildman–Crippen MR) is 80.8 cm³/mol. The molecular formula is C15H16N2O4S. The summed E-state index contributed by atoms with van der Waals surface area (Å²) in [5.74, 6) is -0.693. The lowest BCUT2D eigenvalue weighted by atomic mass is 10.1. The van der Waals surface area contributed by atoms with Gasteiger partial charge in [0.1, 0.15) is 6.04 Å². The second kappa shape index (κ2) is 5.68. The highest BCUT2D eigenvalue weighted by atomic mass is 32.2. The van der Waals surface area contributed by atoms with Crippen molar-refractivity contribution in [3.8, 4) is 0 Å². The first-order valence-corrected chi connectivity index (χ1v) is 8.42. The minimum atomic E-state index is -3.77. The molecule has 1 heterocycles. The molecule has 1 atom stereocenters. The summed E-state index contributed by atoms with van der Waals surface area (Å²) in [6, 6.07) is 11.5. The van der Waals surface area contributed by atoms with Gasteiger partial charge in [-0.1, -0.05) is 30.3 Å². The number of benzene rings is 2. The van der Waals surface area contributed by atoms with Crippen LogP contribution in [0.3, 0.4) is 0 Å². The maximum Gasteiger partial charge on any atom is 0.261 e. The molecule has 1 saturated heterocycles. The van der Waals surface area contributed by atoms with Gasteiger partial charge in [0, 0.05) is 6.54 Å². The molecule has 0 radical (unpaired) electrons. The lowest BCUT2D eigenvalue weighted by Gasteiger charge is -2.22. The molecule has 0 aliphatic carbocycles. The van der Waals surface area contributed by atoms with Crippen molar-refractivity contribution in [2.24, 2.45) is 0 Å². The molecule has 2 aromatic rings. The average Bonchev–Trinajstić information content (AvgIpc) is 3.04. The number of hydroxylamine groups is 1. The van der Waals surface area contributed by atoms with E-state index >= 15 is 0 Å². The number of sulfonamides is 1. The van der Waals surface area contributed by atoms with E-state index in [4.69, 9.17) is 5.21 Å². The molecule has 1 unspecified atom stereocenters. The third-order valence-electron chi connectivity index (χ3n) is 3.94.